The molecular weight excluding hydrogens is 296 g/mol. The summed E-state index contributed by atoms with van der Waals surface area (Å²) in [6.07, 6.45) is 2.14. The van der Waals surface area contributed by atoms with Crippen molar-refractivity contribution in [2.45, 2.75) is 37.9 Å². The molecule has 0 amide bonds. The van der Waals surface area contributed by atoms with Gasteiger partial charge in [0.25, 0.3) is 5.56 Å². The summed E-state index contributed by atoms with van der Waals surface area (Å²) in [7, 11) is 0. The summed E-state index contributed by atoms with van der Waals surface area (Å²) < 4.78 is 1.90. The monoisotopic (exact) mass is 314 g/mol. The molecule has 3 nitrogen and oxygen atoms in total. The van der Waals surface area contributed by atoms with E-state index in [1.54, 1.807) is 6.07 Å². The molecule has 0 radical (unpaired) electrons. The zero-order chi connectivity index (χ0) is 15.1. The minimum absolute atomic E-state index is 0.0265. The van der Waals surface area contributed by atoms with Crippen molar-refractivity contribution in [1.82, 2.24) is 9.47 Å². The number of hydrogen-bond acceptors (Lipinski definition) is 2. The second-order valence-electron chi connectivity index (χ2n) is 6.28. The summed E-state index contributed by atoms with van der Waals surface area (Å²) >= 11 is 5.99. The van der Waals surface area contributed by atoms with E-state index < -0.39 is 0 Å². The first-order chi connectivity index (χ1) is 10.7. The number of fused-ring (bicyclic) bond motifs is 3. The second-order valence-corrected chi connectivity index (χ2v) is 6.69. The molecule has 2 aliphatic rings. The van der Waals surface area contributed by atoms with Crippen LogP contribution in [0.3, 0.4) is 0 Å². The Hall–Kier alpha value is -1.58. The normalized spacial score (nSPS) is 24.0. The molecule has 2 aromatic rings. The van der Waals surface area contributed by atoms with Gasteiger partial charge in [0.2, 0.25) is 0 Å². The van der Waals surface area contributed by atoms with E-state index in [4.69, 9.17) is 11.6 Å². The highest BCUT2D eigenvalue weighted by Gasteiger charge is 2.44. The number of halogens is 1. The number of aromatic nitrogens is 1. The smallest absolute Gasteiger partial charge is 0.269 e. The molecule has 1 aliphatic carbocycles. The topological polar surface area (TPSA) is 25.2 Å². The van der Waals surface area contributed by atoms with Crippen LogP contribution in [0.15, 0.2) is 47.3 Å². The minimum Gasteiger partial charge on any atom is -0.311 e. The van der Waals surface area contributed by atoms with Crippen LogP contribution in [0, 0.1) is 0 Å². The molecule has 114 valence electrons. The van der Waals surface area contributed by atoms with Crippen molar-refractivity contribution in [3.05, 3.63) is 69.1 Å². The zero-order valence-corrected chi connectivity index (χ0v) is 13.2. The third kappa shape index (κ3) is 2.49. The van der Waals surface area contributed by atoms with E-state index in [9.17, 15) is 4.79 Å². The molecule has 1 aromatic heterocycles. The number of hydrogen-bond donors (Lipinski definition) is 0. The Kier molecular flexibility index (Phi) is 3.55. The largest absolute Gasteiger partial charge is 0.311 e. The molecule has 0 saturated heterocycles. The molecular formula is C18H19ClN2O. The van der Waals surface area contributed by atoms with Crippen LogP contribution in [0.5, 0.6) is 0 Å². The van der Waals surface area contributed by atoms with E-state index in [0.717, 1.165) is 38.2 Å². The van der Waals surface area contributed by atoms with Gasteiger partial charge in [-0.15, -0.1) is 0 Å². The maximum absolute atomic E-state index is 12.2. The Balaban J connectivity index is 1.60. The van der Waals surface area contributed by atoms with Gasteiger partial charge in [-0.05, 0) is 30.5 Å². The summed E-state index contributed by atoms with van der Waals surface area (Å²) in [5.74, 6) is 0.481. The van der Waals surface area contributed by atoms with Crippen LogP contribution in [0.25, 0.3) is 0 Å². The van der Waals surface area contributed by atoms with Crippen LogP contribution in [0.1, 0.15) is 30.0 Å². The predicted molar refractivity (Wildman–Crippen MR) is 88.3 cm³/mol. The van der Waals surface area contributed by atoms with Gasteiger partial charge in [0.15, 0.2) is 0 Å². The summed E-state index contributed by atoms with van der Waals surface area (Å²) in [4.78, 5) is 14.8. The summed E-state index contributed by atoms with van der Waals surface area (Å²) in [5.41, 5.74) is 2.50. The van der Waals surface area contributed by atoms with Gasteiger partial charge in [-0.3, -0.25) is 9.69 Å². The van der Waals surface area contributed by atoms with Crippen molar-refractivity contribution in [2.75, 3.05) is 6.54 Å². The first-order valence-corrected chi connectivity index (χ1v) is 8.29. The van der Waals surface area contributed by atoms with E-state index in [1.165, 1.54) is 5.56 Å². The lowest BCUT2D eigenvalue weighted by molar-refractivity contribution is 0.234. The van der Waals surface area contributed by atoms with Gasteiger partial charge in [0.05, 0.1) is 0 Å². The highest BCUT2D eigenvalue weighted by Crippen LogP contribution is 2.45. The Labute approximate surface area is 135 Å². The van der Waals surface area contributed by atoms with Gasteiger partial charge < -0.3 is 4.57 Å². The number of benzene rings is 1. The zero-order valence-electron chi connectivity index (χ0n) is 12.4. The number of pyridine rings is 1. The lowest BCUT2D eigenvalue weighted by atomic mass is 10.1. The summed E-state index contributed by atoms with van der Waals surface area (Å²) in [6.45, 7) is 2.80. The van der Waals surface area contributed by atoms with Crippen LogP contribution >= 0.6 is 11.6 Å². The van der Waals surface area contributed by atoms with Crippen molar-refractivity contribution in [3.63, 3.8) is 0 Å². The predicted octanol–water partition coefficient (Wildman–Crippen LogP) is 3.26. The van der Waals surface area contributed by atoms with E-state index >= 15 is 0 Å². The van der Waals surface area contributed by atoms with E-state index in [2.05, 4.69) is 35.2 Å². The third-order valence-corrected chi connectivity index (χ3v) is 5.11. The first-order valence-electron chi connectivity index (χ1n) is 7.91. The molecule has 1 aliphatic heterocycles. The molecule has 2 atom stereocenters. The van der Waals surface area contributed by atoms with Crippen molar-refractivity contribution in [2.24, 2.45) is 0 Å². The van der Waals surface area contributed by atoms with Gasteiger partial charge in [0, 0.05) is 37.3 Å². The lowest BCUT2D eigenvalue weighted by Crippen LogP contribution is -2.33. The maximum Gasteiger partial charge on any atom is 0.269 e. The van der Waals surface area contributed by atoms with Crippen molar-refractivity contribution in [1.29, 1.82) is 0 Å². The molecule has 4 heteroatoms. The van der Waals surface area contributed by atoms with E-state index in [1.807, 2.05) is 10.6 Å². The van der Waals surface area contributed by atoms with E-state index in [0.29, 0.717) is 17.0 Å². The summed E-state index contributed by atoms with van der Waals surface area (Å²) in [6, 6.07) is 15.0. The minimum atomic E-state index is -0.0265. The average molecular weight is 315 g/mol. The van der Waals surface area contributed by atoms with Crippen LogP contribution in [0.2, 0.25) is 5.02 Å². The molecule has 2 heterocycles. The van der Waals surface area contributed by atoms with Gasteiger partial charge in [0.1, 0.15) is 5.02 Å². The van der Waals surface area contributed by atoms with Crippen LogP contribution in [-0.2, 0) is 13.1 Å². The average Bonchev–Trinajstić information content (AvgIpc) is 3.30. The van der Waals surface area contributed by atoms with Crippen LogP contribution < -0.4 is 5.56 Å². The molecule has 1 aromatic carbocycles. The number of nitrogens with zero attached hydrogens (tertiary/aromatic N) is 2. The van der Waals surface area contributed by atoms with Crippen molar-refractivity contribution >= 4 is 11.6 Å². The second kappa shape index (κ2) is 5.56. The molecule has 0 spiro atoms. The fraction of sp³-hybridized carbons (Fsp3) is 0.389. The van der Waals surface area contributed by atoms with E-state index in [-0.39, 0.29) is 5.56 Å². The SMILES string of the molecule is O=c1c(Cl)ccc2n1CCCN(Cc1ccccc1)C1CC21. The molecule has 0 N–H and O–H groups in total. The number of rotatable bonds is 2. The Morgan fingerprint density at radius 1 is 1.09 bits per heavy atom. The van der Waals surface area contributed by atoms with Crippen LogP contribution in [0.4, 0.5) is 0 Å². The van der Waals surface area contributed by atoms with Crippen molar-refractivity contribution < 1.29 is 0 Å². The molecule has 2 unspecified atom stereocenters. The van der Waals surface area contributed by atoms with Gasteiger partial charge >= 0.3 is 0 Å². The molecule has 0 bridgehead atoms. The molecule has 1 saturated carbocycles. The van der Waals surface area contributed by atoms with Crippen LogP contribution in [-0.4, -0.2) is 22.1 Å². The standard InChI is InChI=1S/C18H19ClN2O/c19-15-7-8-16-14-11-17(14)20(9-4-10-21(16)18(15)22)12-13-5-2-1-3-6-13/h1-3,5-8,14,17H,4,9-12H2. The van der Waals surface area contributed by atoms with Gasteiger partial charge in [-0.2, -0.15) is 0 Å². The Morgan fingerprint density at radius 3 is 2.73 bits per heavy atom. The first kappa shape index (κ1) is 14.0. The fourth-order valence-corrected chi connectivity index (χ4v) is 3.80. The van der Waals surface area contributed by atoms with Crippen molar-refractivity contribution in [3.8, 4) is 0 Å². The fourth-order valence-electron chi connectivity index (χ4n) is 3.64. The maximum atomic E-state index is 12.2. The molecule has 22 heavy (non-hydrogen) atoms. The Morgan fingerprint density at radius 2 is 1.91 bits per heavy atom. The lowest BCUT2D eigenvalue weighted by Gasteiger charge is -2.26. The third-order valence-electron chi connectivity index (χ3n) is 4.82. The quantitative estimate of drug-likeness (QED) is 0.850. The Bertz CT molecular complexity index is 740. The van der Waals surface area contributed by atoms with Gasteiger partial charge in [-0.25, -0.2) is 0 Å². The molecule has 4 rings (SSSR count). The summed E-state index contributed by atoms with van der Waals surface area (Å²) in [5, 5.41) is 0.336. The van der Waals surface area contributed by atoms with Gasteiger partial charge in [-0.1, -0.05) is 41.9 Å². The molecule has 1 fully saturated rings. The highest BCUT2D eigenvalue weighted by molar-refractivity contribution is 6.30. The highest BCUT2D eigenvalue weighted by atomic mass is 35.5.